The Morgan fingerprint density at radius 3 is 1.50 bits per heavy atom. The molecule has 0 saturated carbocycles. The molecule has 62 heavy (non-hydrogen) atoms. The van der Waals surface area contributed by atoms with Crippen molar-refractivity contribution >= 4 is 21.9 Å². The summed E-state index contributed by atoms with van der Waals surface area (Å²) in [7, 11) is 0. The summed E-state index contributed by atoms with van der Waals surface area (Å²) in [5.41, 5.74) is 18.1. The Balaban J connectivity index is 1.15. The van der Waals surface area contributed by atoms with Crippen LogP contribution in [-0.2, 0) is 0 Å². The Morgan fingerprint density at radius 2 is 0.823 bits per heavy atom. The van der Waals surface area contributed by atoms with Gasteiger partial charge in [0.25, 0.3) is 0 Å². The quantitative estimate of drug-likeness (QED) is 0.136. The summed E-state index contributed by atoms with van der Waals surface area (Å²) >= 11 is 0. The Morgan fingerprint density at radius 1 is 0.290 bits per heavy atom. The zero-order valence-electron chi connectivity index (χ0n) is 34.0. The maximum Gasteiger partial charge on any atom is 0.227 e. The average Bonchev–Trinajstić information content (AvgIpc) is 3.81. The van der Waals surface area contributed by atoms with Gasteiger partial charge in [-0.3, -0.25) is 0 Å². The van der Waals surface area contributed by atoms with Crippen LogP contribution in [0.3, 0.4) is 0 Å². The van der Waals surface area contributed by atoms with E-state index in [4.69, 9.17) is 9.40 Å². The molecule has 0 bridgehead atoms. The first-order chi connectivity index (χ1) is 30.7. The van der Waals surface area contributed by atoms with Crippen molar-refractivity contribution in [2.45, 2.75) is 5.92 Å². The third-order valence-corrected chi connectivity index (χ3v) is 12.0. The van der Waals surface area contributed by atoms with E-state index < -0.39 is 0 Å². The number of aromatic nitrogens is 1. The summed E-state index contributed by atoms with van der Waals surface area (Å²) in [5, 5.41) is 2.19. The zero-order valence-corrected chi connectivity index (χ0v) is 34.0. The summed E-state index contributed by atoms with van der Waals surface area (Å²) in [5.74, 6) is 0.527. The van der Waals surface area contributed by atoms with E-state index >= 15 is 0 Å². The van der Waals surface area contributed by atoms with Gasteiger partial charge >= 0.3 is 0 Å². The van der Waals surface area contributed by atoms with Crippen molar-refractivity contribution in [1.82, 2.24) is 4.98 Å². The average molecular weight is 792 g/mol. The van der Waals surface area contributed by atoms with Crippen LogP contribution in [0.15, 0.2) is 247 Å². The molecule has 0 radical (unpaired) electrons. The minimum Gasteiger partial charge on any atom is -0.436 e. The Kier molecular flexibility index (Phi) is 9.65. The Bertz CT molecular complexity index is 3320. The Labute approximate surface area is 362 Å². The molecule has 0 amide bonds. The fraction of sp³-hybridized carbons (Fsp3) is 0.0167. The van der Waals surface area contributed by atoms with Crippen LogP contribution in [0, 0.1) is 0 Å². The van der Waals surface area contributed by atoms with Gasteiger partial charge in [0, 0.05) is 16.9 Å². The van der Waals surface area contributed by atoms with Crippen molar-refractivity contribution in [2.75, 3.05) is 0 Å². The molecular weight excluding hydrogens is 751 g/mol. The number of hydrogen-bond acceptors (Lipinski definition) is 2. The van der Waals surface area contributed by atoms with Crippen molar-refractivity contribution in [2.24, 2.45) is 0 Å². The predicted octanol–water partition coefficient (Wildman–Crippen LogP) is 16.2. The van der Waals surface area contributed by atoms with E-state index in [1.165, 1.54) is 55.6 Å². The van der Waals surface area contributed by atoms with Crippen LogP contribution in [0.25, 0.3) is 89.0 Å². The van der Waals surface area contributed by atoms with Gasteiger partial charge in [0.1, 0.15) is 5.52 Å². The molecule has 10 aromatic carbocycles. The monoisotopic (exact) mass is 791 g/mol. The van der Waals surface area contributed by atoms with Gasteiger partial charge in [0.15, 0.2) is 5.58 Å². The smallest absolute Gasteiger partial charge is 0.227 e. The van der Waals surface area contributed by atoms with Crippen LogP contribution in [0.5, 0.6) is 0 Å². The van der Waals surface area contributed by atoms with Gasteiger partial charge in [-0.1, -0.05) is 206 Å². The summed E-state index contributed by atoms with van der Waals surface area (Å²) in [6, 6.07) is 87.3. The highest BCUT2D eigenvalue weighted by atomic mass is 16.3. The summed E-state index contributed by atoms with van der Waals surface area (Å²) in [4.78, 5) is 5.06. The van der Waals surface area contributed by atoms with Crippen molar-refractivity contribution in [3.05, 3.63) is 259 Å². The second-order valence-corrected chi connectivity index (χ2v) is 15.9. The highest BCUT2D eigenvalue weighted by molar-refractivity contribution is 6.10. The summed E-state index contributed by atoms with van der Waals surface area (Å²) in [6.45, 7) is 0. The van der Waals surface area contributed by atoms with E-state index in [-0.39, 0.29) is 5.92 Å². The maximum absolute atomic E-state index is 6.34. The van der Waals surface area contributed by atoms with E-state index in [1.54, 1.807) is 0 Å². The van der Waals surface area contributed by atoms with Crippen LogP contribution in [0.4, 0.5) is 0 Å². The normalized spacial score (nSPS) is 11.8. The van der Waals surface area contributed by atoms with Crippen LogP contribution in [0.1, 0.15) is 22.6 Å². The number of fused-ring (bicyclic) bond motifs is 3. The SMILES string of the molecule is c1ccc(-c2cccc(C(c3cc(-c4ccccc4)cc(-c4cccc5c4ccc4oc(-c6ccccc6)nc45)c3)c3ccc(-c4ccccc4)c(-c4ccccc4)c3)c2)cc1. The van der Waals surface area contributed by atoms with E-state index in [9.17, 15) is 0 Å². The number of benzene rings is 10. The lowest BCUT2D eigenvalue weighted by molar-refractivity contribution is 0.620. The van der Waals surface area contributed by atoms with Gasteiger partial charge in [-0.25, -0.2) is 4.98 Å². The van der Waals surface area contributed by atoms with E-state index in [1.807, 2.05) is 30.3 Å². The van der Waals surface area contributed by atoms with Crippen molar-refractivity contribution in [3.63, 3.8) is 0 Å². The third-order valence-electron chi connectivity index (χ3n) is 12.0. The fourth-order valence-corrected chi connectivity index (χ4v) is 9.05. The maximum atomic E-state index is 6.34. The Hall–Kier alpha value is -8.07. The number of hydrogen-bond donors (Lipinski definition) is 0. The molecule has 0 N–H and O–H groups in total. The molecule has 1 aromatic heterocycles. The molecule has 2 heteroatoms. The van der Waals surface area contributed by atoms with E-state index in [0.29, 0.717) is 5.89 Å². The van der Waals surface area contributed by atoms with Gasteiger partial charge in [-0.05, 0) is 114 Å². The van der Waals surface area contributed by atoms with Crippen molar-refractivity contribution in [3.8, 4) is 67.1 Å². The third kappa shape index (κ3) is 7.08. The lowest BCUT2D eigenvalue weighted by Crippen LogP contribution is -2.05. The highest BCUT2D eigenvalue weighted by Crippen LogP contribution is 2.43. The molecule has 11 aromatic rings. The molecule has 0 aliphatic rings. The second kappa shape index (κ2) is 16.2. The second-order valence-electron chi connectivity index (χ2n) is 15.9. The van der Waals surface area contributed by atoms with E-state index in [0.717, 1.165) is 44.1 Å². The number of oxazole rings is 1. The number of rotatable bonds is 9. The molecular formula is C60H41NO. The molecule has 0 aliphatic heterocycles. The van der Waals surface area contributed by atoms with Gasteiger partial charge in [0.05, 0.1) is 0 Å². The van der Waals surface area contributed by atoms with E-state index in [2.05, 4.69) is 212 Å². The minimum atomic E-state index is -0.0981. The van der Waals surface area contributed by atoms with Crippen LogP contribution >= 0.6 is 0 Å². The molecule has 1 atom stereocenters. The standard InChI is InChI=1S/C60H41NO/c1-6-18-41(19-7-1)46-28-16-29-47(36-46)58(48-32-33-53(43-22-10-3-11-23-43)56(40-48)44-24-12-4-13-25-44)51-38-49(42-20-8-2-9-21-42)37-50(39-51)52-30-17-31-55-54(52)34-35-57-59(55)61-60(62-57)45-26-14-5-15-27-45/h1-40,58H. The number of nitrogens with zero attached hydrogens (tertiary/aromatic N) is 1. The molecule has 11 rings (SSSR count). The van der Waals surface area contributed by atoms with Crippen molar-refractivity contribution in [1.29, 1.82) is 0 Å². The van der Waals surface area contributed by atoms with Gasteiger partial charge < -0.3 is 4.42 Å². The molecule has 1 heterocycles. The molecule has 292 valence electrons. The summed E-state index contributed by atoms with van der Waals surface area (Å²) < 4.78 is 6.34. The first-order valence-electron chi connectivity index (χ1n) is 21.2. The minimum absolute atomic E-state index is 0.0981. The van der Waals surface area contributed by atoms with Gasteiger partial charge in [-0.2, -0.15) is 0 Å². The highest BCUT2D eigenvalue weighted by Gasteiger charge is 2.23. The molecule has 0 spiro atoms. The van der Waals surface area contributed by atoms with Crippen LogP contribution in [0.2, 0.25) is 0 Å². The largest absolute Gasteiger partial charge is 0.436 e. The van der Waals surface area contributed by atoms with Crippen LogP contribution < -0.4 is 0 Å². The topological polar surface area (TPSA) is 26.0 Å². The lowest BCUT2D eigenvalue weighted by Gasteiger charge is -2.24. The van der Waals surface area contributed by atoms with Gasteiger partial charge in [-0.15, -0.1) is 0 Å². The zero-order chi connectivity index (χ0) is 41.2. The fourth-order valence-electron chi connectivity index (χ4n) is 9.05. The first-order valence-corrected chi connectivity index (χ1v) is 21.2. The lowest BCUT2D eigenvalue weighted by atomic mass is 9.80. The molecule has 0 fully saturated rings. The van der Waals surface area contributed by atoms with Crippen LogP contribution in [-0.4, -0.2) is 4.98 Å². The first kappa shape index (κ1) is 37.0. The summed E-state index contributed by atoms with van der Waals surface area (Å²) in [6.07, 6.45) is 0. The van der Waals surface area contributed by atoms with Gasteiger partial charge in [0.2, 0.25) is 5.89 Å². The van der Waals surface area contributed by atoms with Crippen molar-refractivity contribution < 1.29 is 4.42 Å². The molecule has 0 saturated heterocycles. The molecule has 1 unspecified atom stereocenters. The predicted molar refractivity (Wildman–Crippen MR) is 258 cm³/mol. The molecule has 0 aliphatic carbocycles. The molecule has 2 nitrogen and oxygen atoms in total.